The van der Waals surface area contributed by atoms with Gasteiger partial charge >= 0.3 is 18.1 Å². The number of carbonyl (C=O) groups is 6. The van der Waals surface area contributed by atoms with Crippen LogP contribution in [0.25, 0.3) is 10.2 Å². The molecule has 0 unspecified atom stereocenters. The number of allylic oxidation sites excluding steroid dienone is 2. The van der Waals surface area contributed by atoms with Gasteiger partial charge in [-0.3, -0.25) is 28.9 Å². The Balaban J connectivity index is 1.23. The van der Waals surface area contributed by atoms with Crippen LogP contribution in [0.15, 0.2) is 72.9 Å². The molecular weight excluding hydrogens is 1010 g/mol. The number of benzene rings is 2. The van der Waals surface area contributed by atoms with Crippen molar-refractivity contribution in [3.8, 4) is 5.75 Å². The number of amides is 2. The number of imide groups is 1. The first-order chi connectivity index (χ1) is 35.4. The second-order valence-corrected chi connectivity index (χ2v) is 28.9. The molecule has 2 aliphatic rings. The average Bonchev–Trinajstić information content (AvgIpc) is 3.88. The maximum absolute atomic E-state index is 15.3. The van der Waals surface area contributed by atoms with E-state index in [-0.39, 0.29) is 65.2 Å². The van der Waals surface area contributed by atoms with E-state index in [0.717, 1.165) is 84.1 Å². The van der Waals surface area contributed by atoms with Crippen molar-refractivity contribution in [3.05, 3.63) is 94.0 Å². The first-order valence-electron chi connectivity index (χ1n) is 26.8. The number of Topliss-reactive ketones (excluding diaryl/α,β-unsaturated/α-hetero) is 1. The van der Waals surface area contributed by atoms with Gasteiger partial charge in [0.2, 0.25) is 0 Å². The summed E-state index contributed by atoms with van der Waals surface area (Å²) in [5.41, 5.74) is 2.11. The second-order valence-electron chi connectivity index (χ2n) is 22.5. The highest BCUT2D eigenvalue weighted by Gasteiger charge is 2.50. The fourth-order valence-electron chi connectivity index (χ4n) is 9.35. The molecule has 0 radical (unpaired) electrons. The summed E-state index contributed by atoms with van der Waals surface area (Å²) in [6.07, 6.45) is 13.3. The summed E-state index contributed by atoms with van der Waals surface area (Å²) in [6.45, 7) is 24.5. The first kappa shape index (κ1) is 60.9. The lowest BCUT2D eigenvalue weighted by Gasteiger charge is -2.45. The molecule has 410 valence electrons. The Kier molecular flexibility index (Phi) is 22.6. The van der Waals surface area contributed by atoms with Gasteiger partial charge in [-0.05, 0) is 112 Å². The molecule has 75 heavy (non-hydrogen) atoms. The van der Waals surface area contributed by atoms with Crippen molar-refractivity contribution in [2.75, 3.05) is 6.54 Å². The molecule has 3 aromatic rings. The number of ketones is 1. The molecule has 2 aromatic carbocycles. The predicted molar refractivity (Wildman–Crippen MR) is 298 cm³/mol. The van der Waals surface area contributed by atoms with Crippen molar-refractivity contribution in [2.45, 2.75) is 195 Å². The van der Waals surface area contributed by atoms with Gasteiger partial charge in [0.1, 0.15) is 30.3 Å². The number of carbonyl (C=O) groups excluding carboxylic acids is 6. The molecule has 5 atom stereocenters. The number of halogens is 1. The molecule has 0 spiro atoms. The standard InChI is InChI=1S/C59H81ClN2O11SSi/c1-12-22-44-55(72-57(68)69-38-42-27-30-48(45(60)35-42)71-53(65)25-19-17-15-13-14-16-18-20-34-62-51(63)32-33-52(62)64)40(3)24-21-23-39(2)26-29-47(43-28-31-49-46(36-43)61-41(4)74-49)70-54(66)37-50(59(8,9)56(44)67)73-75(10,11)58(5,6)7/h12,26-28,30-33,35-36,40,44,47,50,55H,1,13-25,29,34,37-38H2,2-11H3/b39-26-/t40-,44+,47-,50-,55-/m0/s1. The SMILES string of the molecule is C=CC[C@H]1C(=O)C(C)(C)[C@@H](O[Si](C)(C)C(C)(C)C)CC(=O)O[C@H](c2ccc3sc(C)nc3c2)C/C=C(/C)CCC[C@H](C)[C@@H]1OC(=O)OCc1ccc(OC(=O)CCCCCCCCCCN2C(=O)C=CC2=O)c(Cl)c1. The predicted octanol–water partition coefficient (Wildman–Crippen LogP) is 14.6. The molecule has 0 aliphatic carbocycles. The summed E-state index contributed by atoms with van der Waals surface area (Å²) in [5, 5.41) is 0.892. The number of aromatic nitrogens is 1. The van der Waals surface area contributed by atoms with Crippen LogP contribution in [0.5, 0.6) is 5.75 Å². The molecule has 0 fully saturated rings. The smallest absolute Gasteiger partial charge is 0.457 e. The third-order valence-electron chi connectivity index (χ3n) is 15.0. The minimum absolute atomic E-state index is 0.175. The molecule has 0 saturated heterocycles. The molecule has 3 heterocycles. The lowest BCUT2D eigenvalue weighted by Crippen LogP contribution is -2.53. The Bertz CT molecular complexity index is 2540. The molecule has 1 aromatic heterocycles. The number of esters is 2. The summed E-state index contributed by atoms with van der Waals surface area (Å²) in [4.78, 5) is 85.5. The molecule has 0 N–H and O–H groups in total. The number of hydrogen-bond acceptors (Lipinski definition) is 13. The zero-order chi connectivity index (χ0) is 55.1. The Morgan fingerprint density at radius 3 is 2.28 bits per heavy atom. The maximum atomic E-state index is 15.3. The van der Waals surface area contributed by atoms with E-state index in [1.54, 1.807) is 35.6 Å². The molecule has 16 heteroatoms. The fourth-order valence-corrected chi connectivity index (χ4v) is 11.8. The lowest BCUT2D eigenvalue weighted by molar-refractivity contribution is -0.155. The molecular formula is C59H81ClN2O11SSi. The third-order valence-corrected chi connectivity index (χ3v) is 20.8. The monoisotopic (exact) mass is 1090 g/mol. The Morgan fingerprint density at radius 2 is 1.63 bits per heavy atom. The van der Waals surface area contributed by atoms with E-state index in [4.69, 9.17) is 40.0 Å². The van der Waals surface area contributed by atoms with Crippen LogP contribution < -0.4 is 4.74 Å². The van der Waals surface area contributed by atoms with Crippen molar-refractivity contribution in [2.24, 2.45) is 17.3 Å². The summed E-state index contributed by atoms with van der Waals surface area (Å²) < 4.78 is 32.0. The molecule has 5 rings (SSSR count). The fraction of sp³-hybridized carbons (Fsp3) is 0.576. The van der Waals surface area contributed by atoms with E-state index in [1.807, 2.05) is 45.9 Å². The third kappa shape index (κ3) is 17.8. The summed E-state index contributed by atoms with van der Waals surface area (Å²) in [5.74, 6) is -2.51. The van der Waals surface area contributed by atoms with Gasteiger partial charge in [-0.2, -0.15) is 0 Å². The molecule has 0 saturated carbocycles. The van der Waals surface area contributed by atoms with Crippen LogP contribution in [0.2, 0.25) is 23.2 Å². The highest BCUT2D eigenvalue weighted by atomic mass is 35.5. The normalized spacial score (nSPS) is 21.9. The van der Waals surface area contributed by atoms with Crippen molar-refractivity contribution in [1.82, 2.24) is 9.88 Å². The number of rotatable bonds is 20. The van der Waals surface area contributed by atoms with Gasteiger partial charge in [-0.15, -0.1) is 17.9 Å². The highest BCUT2D eigenvalue weighted by Crippen LogP contribution is 2.43. The van der Waals surface area contributed by atoms with E-state index >= 15 is 4.79 Å². The Morgan fingerprint density at radius 1 is 0.960 bits per heavy atom. The minimum Gasteiger partial charge on any atom is -0.457 e. The van der Waals surface area contributed by atoms with Crippen LogP contribution in [0.1, 0.15) is 167 Å². The van der Waals surface area contributed by atoms with Crippen LogP contribution in [0.4, 0.5) is 4.79 Å². The van der Waals surface area contributed by atoms with Crippen molar-refractivity contribution < 1.29 is 52.1 Å². The van der Waals surface area contributed by atoms with E-state index < -0.39 is 56.1 Å². The molecule has 2 aliphatic heterocycles. The summed E-state index contributed by atoms with van der Waals surface area (Å²) in [7, 11) is -2.61. The zero-order valence-corrected chi connectivity index (χ0v) is 48.6. The van der Waals surface area contributed by atoms with Gasteiger partial charge in [0.25, 0.3) is 11.8 Å². The minimum atomic E-state index is -2.61. The van der Waals surface area contributed by atoms with Crippen LogP contribution in [0, 0.1) is 24.2 Å². The van der Waals surface area contributed by atoms with Crippen molar-refractivity contribution in [1.29, 1.82) is 0 Å². The second kappa shape index (κ2) is 27.9. The van der Waals surface area contributed by atoms with Gasteiger partial charge in [0.15, 0.2) is 8.32 Å². The Hall–Kier alpha value is -4.96. The number of aryl methyl sites for hydroxylation is 1. The number of hydrogen-bond donors (Lipinski definition) is 0. The number of fused-ring (bicyclic) bond motifs is 1. The van der Waals surface area contributed by atoms with Crippen LogP contribution in [-0.2, 0) is 49.2 Å². The van der Waals surface area contributed by atoms with Gasteiger partial charge < -0.3 is 23.4 Å². The van der Waals surface area contributed by atoms with Crippen LogP contribution >= 0.6 is 22.9 Å². The van der Waals surface area contributed by atoms with Crippen LogP contribution in [0.3, 0.4) is 0 Å². The largest absolute Gasteiger partial charge is 0.508 e. The van der Waals surface area contributed by atoms with E-state index in [0.29, 0.717) is 31.4 Å². The number of cyclic esters (lactones) is 1. The molecule has 13 nitrogen and oxygen atoms in total. The first-order valence-corrected chi connectivity index (χ1v) is 30.9. The molecule has 0 bridgehead atoms. The van der Waals surface area contributed by atoms with Crippen LogP contribution in [-0.4, -0.2) is 72.6 Å². The molecule has 2 amide bonds. The number of nitrogens with zero attached hydrogens (tertiary/aromatic N) is 2. The summed E-state index contributed by atoms with van der Waals surface area (Å²) in [6, 6.07) is 10.8. The number of thiazole rings is 1. The van der Waals surface area contributed by atoms with Crippen molar-refractivity contribution in [3.63, 3.8) is 0 Å². The maximum Gasteiger partial charge on any atom is 0.508 e. The van der Waals surface area contributed by atoms with Gasteiger partial charge in [0.05, 0.1) is 38.7 Å². The van der Waals surface area contributed by atoms with E-state index in [9.17, 15) is 24.0 Å². The quantitative estimate of drug-likeness (QED) is 0.0263. The highest BCUT2D eigenvalue weighted by molar-refractivity contribution is 7.18. The topological polar surface area (TPSA) is 165 Å². The number of ether oxygens (including phenoxy) is 4. The van der Waals surface area contributed by atoms with Crippen molar-refractivity contribution >= 4 is 77.2 Å². The average molecular weight is 1090 g/mol. The summed E-state index contributed by atoms with van der Waals surface area (Å²) >= 11 is 8.18. The Labute approximate surface area is 455 Å². The van der Waals surface area contributed by atoms with E-state index in [1.165, 1.54) is 17.1 Å². The van der Waals surface area contributed by atoms with Gasteiger partial charge in [0, 0.05) is 37.0 Å². The van der Waals surface area contributed by atoms with Gasteiger partial charge in [-0.25, -0.2) is 9.78 Å². The zero-order valence-electron chi connectivity index (χ0n) is 46.1. The lowest BCUT2D eigenvalue weighted by atomic mass is 9.71. The van der Waals surface area contributed by atoms with Gasteiger partial charge in [-0.1, -0.05) is 122 Å². The number of unbranched alkanes of at least 4 members (excludes halogenated alkanes) is 7. The van der Waals surface area contributed by atoms with E-state index in [2.05, 4.69) is 53.4 Å².